The van der Waals surface area contributed by atoms with E-state index >= 15 is 0 Å². The third kappa shape index (κ3) is 5.10. The summed E-state index contributed by atoms with van der Waals surface area (Å²) in [6, 6.07) is 0. The molecule has 1 aliphatic rings. The lowest BCUT2D eigenvalue weighted by Gasteiger charge is -2.10. The van der Waals surface area contributed by atoms with Crippen LogP contribution in [0.3, 0.4) is 0 Å². The van der Waals surface area contributed by atoms with Gasteiger partial charge in [-0.2, -0.15) is 13.2 Å². The highest BCUT2D eigenvalue weighted by Gasteiger charge is 2.26. The Balaban J connectivity index is 1.94. The van der Waals surface area contributed by atoms with Gasteiger partial charge in [-0.25, -0.2) is 0 Å². The molecular weight excluding hydrogens is 183 g/mol. The Morgan fingerprint density at radius 1 is 1.38 bits per heavy atom. The Morgan fingerprint density at radius 2 is 2.15 bits per heavy atom. The van der Waals surface area contributed by atoms with E-state index < -0.39 is 12.6 Å². The van der Waals surface area contributed by atoms with E-state index in [1.807, 2.05) is 0 Å². The molecule has 0 aliphatic carbocycles. The van der Waals surface area contributed by atoms with Crippen LogP contribution in [0, 0.1) is 0 Å². The molecule has 0 aromatic heterocycles. The highest BCUT2D eigenvalue weighted by molar-refractivity contribution is 4.70. The van der Waals surface area contributed by atoms with Crippen LogP contribution < -0.4 is 5.32 Å². The van der Waals surface area contributed by atoms with Crippen molar-refractivity contribution in [3.63, 3.8) is 0 Å². The Morgan fingerprint density at radius 3 is 2.69 bits per heavy atom. The molecule has 1 saturated heterocycles. The normalized spacial score (nSPS) is 23.8. The van der Waals surface area contributed by atoms with Crippen LogP contribution in [0.4, 0.5) is 13.2 Å². The Labute approximate surface area is 75.4 Å². The van der Waals surface area contributed by atoms with Gasteiger partial charge in [0.15, 0.2) is 0 Å². The summed E-state index contributed by atoms with van der Waals surface area (Å²) >= 11 is 0. The van der Waals surface area contributed by atoms with Gasteiger partial charge in [0.05, 0.1) is 6.10 Å². The van der Waals surface area contributed by atoms with E-state index in [-0.39, 0.29) is 19.1 Å². The van der Waals surface area contributed by atoms with E-state index in [2.05, 4.69) is 5.32 Å². The molecule has 1 aliphatic heterocycles. The van der Waals surface area contributed by atoms with E-state index in [4.69, 9.17) is 4.74 Å². The minimum atomic E-state index is -4.04. The van der Waals surface area contributed by atoms with Crippen molar-refractivity contribution in [2.24, 2.45) is 0 Å². The van der Waals surface area contributed by atoms with Gasteiger partial charge in [-0.3, -0.25) is 0 Å². The van der Waals surface area contributed by atoms with Crippen molar-refractivity contribution in [1.82, 2.24) is 5.32 Å². The zero-order valence-corrected chi connectivity index (χ0v) is 7.36. The summed E-state index contributed by atoms with van der Waals surface area (Å²) in [5.41, 5.74) is 0. The molecule has 0 unspecified atom stereocenters. The predicted octanol–water partition coefficient (Wildman–Crippen LogP) is 1.71. The first-order valence-corrected chi connectivity index (χ1v) is 4.47. The van der Waals surface area contributed by atoms with Gasteiger partial charge in [-0.15, -0.1) is 0 Å². The molecule has 5 heteroatoms. The van der Waals surface area contributed by atoms with E-state index in [1.54, 1.807) is 0 Å². The van der Waals surface area contributed by atoms with Crippen LogP contribution in [-0.2, 0) is 4.74 Å². The van der Waals surface area contributed by atoms with Crippen LogP contribution >= 0.6 is 0 Å². The maximum absolute atomic E-state index is 11.7. The topological polar surface area (TPSA) is 21.3 Å². The molecule has 0 aromatic rings. The van der Waals surface area contributed by atoms with Gasteiger partial charge in [0.2, 0.25) is 0 Å². The molecule has 1 N–H and O–H groups in total. The van der Waals surface area contributed by atoms with Crippen LogP contribution in [0.2, 0.25) is 0 Å². The van der Waals surface area contributed by atoms with Crippen LogP contribution in [0.5, 0.6) is 0 Å². The van der Waals surface area contributed by atoms with Gasteiger partial charge in [0.25, 0.3) is 0 Å². The summed E-state index contributed by atoms with van der Waals surface area (Å²) in [7, 11) is 0. The summed E-state index contributed by atoms with van der Waals surface area (Å²) in [6.45, 7) is 1.89. The van der Waals surface area contributed by atoms with Gasteiger partial charge in [-0.1, -0.05) is 0 Å². The van der Waals surface area contributed by atoms with Crippen LogP contribution in [0.25, 0.3) is 0 Å². The summed E-state index contributed by atoms with van der Waals surface area (Å²) < 4.78 is 40.3. The zero-order chi connectivity index (χ0) is 9.73. The van der Waals surface area contributed by atoms with Crippen molar-refractivity contribution < 1.29 is 17.9 Å². The number of rotatable bonds is 4. The van der Waals surface area contributed by atoms with Gasteiger partial charge >= 0.3 is 6.18 Å². The van der Waals surface area contributed by atoms with E-state index in [0.717, 1.165) is 19.5 Å². The fourth-order valence-electron chi connectivity index (χ4n) is 1.29. The van der Waals surface area contributed by atoms with Gasteiger partial charge < -0.3 is 10.1 Å². The molecule has 0 bridgehead atoms. The molecule has 1 rings (SSSR count). The number of hydrogen-bond donors (Lipinski definition) is 1. The summed E-state index contributed by atoms with van der Waals surface area (Å²) in [5, 5.41) is 3.08. The second-order valence-electron chi connectivity index (χ2n) is 3.20. The van der Waals surface area contributed by atoms with Gasteiger partial charge in [0.1, 0.15) is 0 Å². The third-order valence-electron chi connectivity index (χ3n) is 1.97. The monoisotopic (exact) mass is 197 g/mol. The van der Waals surface area contributed by atoms with E-state index in [9.17, 15) is 13.2 Å². The first-order chi connectivity index (χ1) is 6.08. The SMILES string of the molecule is FC(F)(F)CCCO[C@H]1CCNC1. The van der Waals surface area contributed by atoms with Gasteiger partial charge in [0, 0.05) is 19.6 Å². The average molecular weight is 197 g/mol. The molecule has 0 amide bonds. The third-order valence-corrected chi connectivity index (χ3v) is 1.97. The largest absolute Gasteiger partial charge is 0.389 e. The summed E-state index contributed by atoms with van der Waals surface area (Å²) in [6.07, 6.45) is -3.69. The minimum absolute atomic E-state index is 0.0694. The maximum atomic E-state index is 11.7. The molecule has 0 saturated carbocycles. The quantitative estimate of drug-likeness (QED) is 0.693. The number of halogens is 3. The maximum Gasteiger partial charge on any atom is 0.389 e. The summed E-state index contributed by atoms with van der Waals surface area (Å²) in [4.78, 5) is 0. The second-order valence-corrected chi connectivity index (χ2v) is 3.20. The van der Waals surface area contributed by atoms with Crippen molar-refractivity contribution >= 4 is 0 Å². The van der Waals surface area contributed by atoms with Crippen LogP contribution in [-0.4, -0.2) is 32.0 Å². The first-order valence-electron chi connectivity index (χ1n) is 4.47. The lowest BCUT2D eigenvalue weighted by atomic mass is 10.3. The Hall–Kier alpha value is -0.290. The molecule has 2 nitrogen and oxygen atoms in total. The van der Waals surface area contributed by atoms with E-state index in [0.29, 0.717) is 0 Å². The Kier molecular flexibility index (Phi) is 3.99. The smallest absolute Gasteiger partial charge is 0.377 e. The molecule has 13 heavy (non-hydrogen) atoms. The van der Waals surface area contributed by atoms with Crippen molar-refractivity contribution in [3.05, 3.63) is 0 Å². The van der Waals surface area contributed by atoms with Gasteiger partial charge in [-0.05, 0) is 19.4 Å². The van der Waals surface area contributed by atoms with E-state index in [1.165, 1.54) is 0 Å². The number of nitrogens with one attached hydrogen (secondary N) is 1. The lowest BCUT2D eigenvalue weighted by molar-refractivity contribution is -0.138. The van der Waals surface area contributed by atoms with Crippen LogP contribution in [0.15, 0.2) is 0 Å². The van der Waals surface area contributed by atoms with Crippen molar-refractivity contribution in [2.75, 3.05) is 19.7 Å². The fourth-order valence-corrected chi connectivity index (χ4v) is 1.29. The van der Waals surface area contributed by atoms with Crippen LogP contribution in [0.1, 0.15) is 19.3 Å². The molecule has 0 aromatic carbocycles. The average Bonchev–Trinajstić information content (AvgIpc) is 2.48. The minimum Gasteiger partial charge on any atom is -0.377 e. The molecule has 1 atom stereocenters. The predicted molar refractivity (Wildman–Crippen MR) is 42.5 cm³/mol. The Bertz CT molecular complexity index is 143. The highest BCUT2D eigenvalue weighted by Crippen LogP contribution is 2.21. The van der Waals surface area contributed by atoms with Crippen molar-refractivity contribution in [2.45, 2.75) is 31.5 Å². The van der Waals surface area contributed by atoms with Crippen molar-refractivity contribution in [3.8, 4) is 0 Å². The number of ether oxygens (including phenoxy) is 1. The molecule has 1 fully saturated rings. The fraction of sp³-hybridized carbons (Fsp3) is 1.00. The molecule has 78 valence electrons. The zero-order valence-electron chi connectivity index (χ0n) is 7.36. The summed E-state index contributed by atoms with van der Waals surface area (Å²) in [5.74, 6) is 0. The molecule has 0 spiro atoms. The first kappa shape index (κ1) is 10.8. The van der Waals surface area contributed by atoms with Crippen molar-refractivity contribution in [1.29, 1.82) is 0 Å². The molecule has 1 heterocycles. The second kappa shape index (κ2) is 4.81. The highest BCUT2D eigenvalue weighted by atomic mass is 19.4. The molecular formula is C8H14F3NO. The number of hydrogen-bond acceptors (Lipinski definition) is 2. The number of alkyl halides is 3. The standard InChI is InChI=1S/C8H14F3NO/c9-8(10,11)3-1-5-13-7-2-4-12-6-7/h7,12H,1-6H2/t7-/m0/s1. The lowest BCUT2D eigenvalue weighted by Crippen LogP contribution is -2.18. The molecule has 0 radical (unpaired) electrons.